The van der Waals surface area contributed by atoms with Gasteiger partial charge in [-0.15, -0.1) is 0 Å². The number of benzene rings is 2. The Kier molecular flexibility index (Phi) is 10.6. The molecule has 7 heteroatoms. The molecule has 0 saturated heterocycles. The number of halogens is 1. The molecule has 0 saturated carbocycles. The maximum Gasteiger partial charge on any atom is 0.218 e. The highest BCUT2D eigenvalue weighted by Gasteiger charge is 2.23. The molecular formula is C22H31BrN2O3S. The Labute approximate surface area is 183 Å². The van der Waals surface area contributed by atoms with Crippen molar-refractivity contribution in [2.24, 2.45) is 5.92 Å². The Morgan fingerprint density at radius 3 is 1.93 bits per heavy atom. The summed E-state index contributed by atoms with van der Waals surface area (Å²) in [5, 5.41) is 0. The van der Waals surface area contributed by atoms with Gasteiger partial charge in [-0.2, -0.15) is 4.31 Å². The van der Waals surface area contributed by atoms with Gasteiger partial charge in [-0.3, -0.25) is 4.79 Å². The molecular weight excluding hydrogens is 452 g/mol. The quantitative estimate of drug-likeness (QED) is 0.582. The summed E-state index contributed by atoms with van der Waals surface area (Å²) in [5.74, 6) is 0.405. The van der Waals surface area contributed by atoms with Crippen molar-refractivity contribution in [3.05, 3.63) is 70.2 Å². The molecule has 0 radical (unpaired) electrons. The van der Waals surface area contributed by atoms with E-state index in [9.17, 15) is 13.2 Å². The van der Waals surface area contributed by atoms with Crippen LogP contribution in [0.25, 0.3) is 0 Å². The van der Waals surface area contributed by atoms with Gasteiger partial charge in [0.2, 0.25) is 15.9 Å². The van der Waals surface area contributed by atoms with Crippen LogP contribution in [0, 0.1) is 5.92 Å². The molecule has 2 aromatic rings. The molecule has 0 spiro atoms. The minimum absolute atomic E-state index is 0.0388. The third-order valence-corrected chi connectivity index (χ3v) is 6.35. The third kappa shape index (κ3) is 10.1. The van der Waals surface area contributed by atoms with E-state index in [1.807, 2.05) is 68.4 Å². The van der Waals surface area contributed by atoms with E-state index in [4.69, 9.17) is 0 Å². The predicted octanol–water partition coefficient (Wildman–Crippen LogP) is 4.53. The maximum atomic E-state index is 12.8. The molecule has 0 aromatic heterocycles. The first-order valence-electron chi connectivity index (χ1n) is 9.45. The van der Waals surface area contributed by atoms with Crippen LogP contribution < -0.4 is 0 Å². The lowest BCUT2D eigenvalue weighted by Gasteiger charge is -2.24. The van der Waals surface area contributed by atoms with Gasteiger partial charge in [-0.25, -0.2) is 8.42 Å². The van der Waals surface area contributed by atoms with Crippen LogP contribution in [0.1, 0.15) is 31.9 Å². The van der Waals surface area contributed by atoms with E-state index in [1.165, 1.54) is 11.8 Å². The Morgan fingerprint density at radius 1 is 0.966 bits per heavy atom. The summed E-state index contributed by atoms with van der Waals surface area (Å²) in [6.45, 7) is 6.52. The summed E-state index contributed by atoms with van der Waals surface area (Å²) in [7, 11) is 0.0919. The predicted molar refractivity (Wildman–Crippen MR) is 123 cm³/mol. The highest BCUT2D eigenvalue weighted by Crippen LogP contribution is 2.18. The molecule has 0 aliphatic carbocycles. The van der Waals surface area contributed by atoms with Crippen LogP contribution in [0.5, 0.6) is 0 Å². The van der Waals surface area contributed by atoms with Crippen molar-refractivity contribution in [1.82, 2.24) is 9.21 Å². The first-order valence-corrected chi connectivity index (χ1v) is 11.9. The summed E-state index contributed by atoms with van der Waals surface area (Å²) in [6.07, 6.45) is 0. The van der Waals surface area contributed by atoms with E-state index in [0.717, 1.165) is 15.6 Å². The van der Waals surface area contributed by atoms with E-state index < -0.39 is 10.0 Å². The zero-order chi connectivity index (χ0) is 22.0. The van der Waals surface area contributed by atoms with Gasteiger partial charge in [0.25, 0.3) is 0 Å². The fraction of sp³-hybridized carbons (Fsp3) is 0.409. The normalized spacial score (nSPS) is 11.2. The fourth-order valence-corrected chi connectivity index (χ4v) is 4.28. The van der Waals surface area contributed by atoms with Gasteiger partial charge in [-0.1, -0.05) is 72.2 Å². The summed E-state index contributed by atoms with van der Waals surface area (Å²) in [4.78, 5) is 11.6. The van der Waals surface area contributed by atoms with Crippen LogP contribution in [-0.2, 0) is 27.1 Å². The van der Waals surface area contributed by atoms with Crippen LogP contribution in [0.3, 0.4) is 0 Å². The molecule has 2 rings (SSSR count). The van der Waals surface area contributed by atoms with Crippen molar-refractivity contribution in [2.75, 3.05) is 20.6 Å². The molecule has 0 aliphatic heterocycles. The number of hydrogen-bond donors (Lipinski definition) is 0. The summed E-state index contributed by atoms with van der Waals surface area (Å²) in [5.41, 5.74) is 1.81. The van der Waals surface area contributed by atoms with Crippen LogP contribution in [0.15, 0.2) is 59.1 Å². The highest BCUT2D eigenvalue weighted by atomic mass is 79.9. The van der Waals surface area contributed by atoms with E-state index in [-0.39, 0.29) is 17.6 Å². The molecule has 5 nitrogen and oxygen atoms in total. The van der Waals surface area contributed by atoms with E-state index in [2.05, 4.69) is 15.9 Å². The number of nitrogens with zero attached hydrogens (tertiary/aromatic N) is 2. The molecule has 0 fully saturated rings. The van der Waals surface area contributed by atoms with E-state index >= 15 is 0 Å². The average molecular weight is 483 g/mol. The Hall–Kier alpha value is -1.70. The first kappa shape index (κ1) is 25.3. The minimum Gasteiger partial charge on any atom is -0.349 e. The standard InChI is InChI=1S/C18H22BrNO2S.C4H9NO/c1-15(2)12-20(13-16-8-10-18(19)11-9-16)23(21,22)14-17-6-4-3-5-7-17;1-4(6)5(2)3/h3-11,15H,12-14H2,1-2H3;1-3H3. The molecule has 160 valence electrons. The number of sulfonamides is 1. The molecule has 0 N–H and O–H groups in total. The molecule has 0 heterocycles. The molecule has 0 unspecified atom stereocenters. The highest BCUT2D eigenvalue weighted by molar-refractivity contribution is 9.10. The lowest BCUT2D eigenvalue weighted by molar-refractivity contribution is -0.126. The van der Waals surface area contributed by atoms with Crippen molar-refractivity contribution >= 4 is 31.9 Å². The van der Waals surface area contributed by atoms with Crippen LogP contribution in [0.4, 0.5) is 0 Å². The SMILES string of the molecule is CC(=O)N(C)C.CC(C)CN(Cc1ccc(Br)cc1)S(=O)(=O)Cc1ccccc1. The van der Waals surface area contributed by atoms with Gasteiger partial charge < -0.3 is 4.90 Å². The van der Waals surface area contributed by atoms with Crippen molar-refractivity contribution in [3.8, 4) is 0 Å². The van der Waals surface area contributed by atoms with Gasteiger partial charge in [0.15, 0.2) is 0 Å². The zero-order valence-corrected chi connectivity index (χ0v) is 20.2. The van der Waals surface area contributed by atoms with Gasteiger partial charge >= 0.3 is 0 Å². The number of hydrogen-bond acceptors (Lipinski definition) is 3. The van der Waals surface area contributed by atoms with Crippen LogP contribution in [0.2, 0.25) is 0 Å². The van der Waals surface area contributed by atoms with Crippen LogP contribution >= 0.6 is 15.9 Å². The Morgan fingerprint density at radius 2 is 1.48 bits per heavy atom. The van der Waals surface area contributed by atoms with E-state index in [0.29, 0.717) is 13.1 Å². The summed E-state index contributed by atoms with van der Waals surface area (Å²) < 4.78 is 28.2. The van der Waals surface area contributed by atoms with Crippen molar-refractivity contribution in [3.63, 3.8) is 0 Å². The topological polar surface area (TPSA) is 57.7 Å². The van der Waals surface area contributed by atoms with Crippen molar-refractivity contribution < 1.29 is 13.2 Å². The molecule has 0 atom stereocenters. The number of rotatable bonds is 7. The summed E-state index contributed by atoms with van der Waals surface area (Å²) >= 11 is 3.40. The first-order chi connectivity index (χ1) is 13.5. The average Bonchev–Trinajstić information content (AvgIpc) is 2.63. The van der Waals surface area contributed by atoms with Crippen LogP contribution in [-0.4, -0.2) is 44.2 Å². The maximum absolute atomic E-state index is 12.8. The lowest BCUT2D eigenvalue weighted by Crippen LogP contribution is -2.34. The number of carbonyl (C=O) groups is 1. The second-order valence-corrected chi connectivity index (χ2v) is 10.4. The molecule has 0 bridgehead atoms. The van der Waals surface area contributed by atoms with Crippen molar-refractivity contribution in [2.45, 2.75) is 33.1 Å². The smallest absolute Gasteiger partial charge is 0.218 e. The van der Waals surface area contributed by atoms with E-state index in [1.54, 1.807) is 18.4 Å². The number of carbonyl (C=O) groups excluding carboxylic acids is 1. The third-order valence-electron chi connectivity index (χ3n) is 4.06. The molecule has 0 aliphatic rings. The molecule has 1 amide bonds. The lowest BCUT2D eigenvalue weighted by atomic mass is 10.2. The summed E-state index contributed by atoms with van der Waals surface area (Å²) in [6, 6.07) is 17.1. The largest absolute Gasteiger partial charge is 0.349 e. The Bertz CT molecular complexity index is 851. The van der Waals surface area contributed by atoms with Gasteiger partial charge in [-0.05, 0) is 29.2 Å². The van der Waals surface area contributed by atoms with Gasteiger partial charge in [0.05, 0.1) is 5.75 Å². The minimum atomic E-state index is -3.36. The number of amides is 1. The monoisotopic (exact) mass is 482 g/mol. The zero-order valence-electron chi connectivity index (χ0n) is 17.8. The molecule has 29 heavy (non-hydrogen) atoms. The second-order valence-electron chi connectivity index (χ2n) is 7.47. The molecule has 2 aromatic carbocycles. The van der Waals surface area contributed by atoms with Gasteiger partial charge in [0.1, 0.15) is 0 Å². The van der Waals surface area contributed by atoms with Crippen molar-refractivity contribution in [1.29, 1.82) is 0 Å². The van der Waals surface area contributed by atoms with Gasteiger partial charge in [0, 0.05) is 38.6 Å². The fourth-order valence-electron chi connectivity index (χ4n) is 2.35. The second kappa shape index (κ2) is 12.1. The Balaban J connectivity index is 0.000000612.